The van der Waals surface area contributed by atoms with Gasteiger partial charge < -0.3 is 14.5 Å². The smallest absolute Gasteiger partial charge is 0.332 e. The van der Waals surface area contributed by atoms with Crippen LogP contribution in [0.5, 0.6) is 0 Å². The summed E-state index contributed by atoms with van der Waals surface area (Å²) in [5.41, 5.74) is 1.00. The van der Waals surface area contributed by atoms with Crippen LogP contribution in [0.4, 0.5) is 0 Å². The maximum Gasteiger partial charge on any atom is 0.332 e. The Balaban J connectivity index is 1.88. The Hall–Kier alpha value is -1.73. The summed E-state index contributed by atoms with van der Waals surface area (Å²) < 4.78 is 10.3. The lowest BCUT2D eigenvalue weighted by molar-refractivity contribution is -0.154. The number of aryl methyl sites for hydroxylation is 1. The average molecular weight is 350 g/mol. The molecule has 2 aromatic heterocycles. The second-order valence-electron chi connectivity index (χ2n) is 6.25. The fraction of sp³-hybridized carbons (Fsp3) is 0.588. The quantitative estimate of drug-likeness (QED) is 0.839. The van der Waals surface area contributed by atoms with E-state index in [0.717, 1.165) is 29.7 Å². The van der Waals surface area contributed by atoms with Gasteiger partial charge in [-0.2, -0.15) is 0 Å². The molecule has 130 valence electrons. The molecule has 7 heteroatoms. The molecule has 0 aromatic carbocycles. The number of fused-ring (bicyclic) bond motifs is 3. The Labute approximate surface area is 144 Å². The zero-order valence-corrected chi connectivity index (χ0v) is 15.0. The van der Waals surface area contributed by atoms with E-state index in [-0.39, 0.29) is 12.2 Å². The van der Waals surface area contributed by atoms with Gasteiger partial charge in [-0.15, -0.1) is 11.3 Å². The van der Waals surface area contributed by atoms with Crippen LogP contribution >= 0.6 is 11.3 Å². The fourth-order valence-corrected chi connectivity index (χ4v) is 4.42. The average Bonchev–Trinajstić information content (AvgIpc) is 2.90. The van der Waals surface area contributed by atoms with Crippen LogP contribution in [0.3, 0.4) is 0 Å². The van der Waals surface area contributed by atoms with Gasteiger partial charge in [-0.25, -0.2) is 9.78 Å². The number of carbonyl (C=O) groups excluding carboxylic acids is 1. The lowest BCUT2D eigenvalue weighted by Crippen LogP contribution is -2.20. The normalized spacial score (nSPS) is 18.4. The van der Waals surface area contributed by atoms with Crippen LogP contribution in [0.1, 0.15) is 49.6 Å². The van der Waals surface area contributed by atoms with Crippen LogP contribution in [-0.4, -0.2) is 29.2 Å². The molecule has 0 saturated heterocycles. The molecule has 0 saturated carbocycles. The van der Waals surface area contributed by atoms with Crippen molar-refractivity contribution in [2.24, 2.45) is 5.92 Å². The molecule has 1 N–H and O–H groups in total. The number of aromatic nitrogens is 2. The summed E-state index contributed by atoms with van der Waals surface area (Å²) in [7, 11) is 0. The third kappa shape index (κ3) is 3.37. The van der Waals surface area contributed by atoms with Gasteiger partial charge in [0.05, 0.1) is 5.39 Å². The summed E-state index contributed by atoms with van der Waals surface area (Å²) in [6, 6.07) is 0. The highest BCUT2D eigenvalue weighted by atomic mass is 32.1. The molecule has 1 aliphatic carbocycles. The van der Waals surface area contributed by atoms with E-state index < -0.39 is 12.1 Å². The van der Waals surface area contributed by atoms with E-state index >= 15 is 0 Å². The van der Waals surface area contributed by atoms with Gasteiger partial charge in [0, 0.05) is 11.5 Å². The van der Waals surface area contributed by atoms with Crippen molar-refractivity contribution in [3.8, 4) is 0 Å². The van der Waals surface area contributed by atoms with Crippen LogP contribution in [0.25, 0.3) is 10.2 Å². The summed E-state index contributed by atoms with van der Waals surface area (Å²) in [6.45, 7) is 6.09. The predicted molar refractivity (Wildman–Crippen MR) is 92.4 cm³/mol. The minimum atomic E-state index is -0.617. The van der Waals surface area contributed by atoms with Crippen molar-refractivity contribution in [3.05, 3.63) is 26.6 Å². The van der Waals surface area contributed by atoms with Crippen LogP contribution in [0, 0.1) is 5.92 Å². The number of rotatable bonds is 5. The largest absolute Gasteiger partial charge is 0.453 e. The number of aromatic amines is 1. The van der Waals surface area contributed by atoms with Gasteiger partial charge in [-0.3, -0.25) is 4.79 Å². The topological polar surface area (TPSA) is 81.3 Å². The Morgan fingerprint density at radius 2 is 2.29 bits per heavy atom. The molecule has 0 unspecified atom stereocenters. The first kappa shape index (κ1) is 17.1. The van der Waals surface area contributed by atoms with E-state index in [1.807, 2.05) is 6.92 Å². The van der Waals surface area contributed by atoms with E-state index in [9.17, 15) is 9.59 Å². The summed E-state index contributed by atoms with van der Waals surface area (Å²) in [6.07, 6.45) is 2.42. The molecular weight excluding hydrogens is 328 g/mol. The van der Waals surface area contributed by atoms with Crippen molar-refractivity contribution >= 4 is 27.5 Å². The van der Waals surface area contributed by atoms with Crippen molar-refractivity contribution in [1.82, 2.24) is 9.97 Å². The molecule has 3 rings (SSSR count). The molecule has 1 aliphatic rings. The Morgan fingerprint density at radius 3 is 3.04 bits per heavy atom. The molecule has 0 amide bonds. The number of ether oxygens (including phenoxy) is 2. The van der Waals surface area contributed by atoms with Crippen LogP contribution in [-0.2, 0) is 27.1 Å². The van der Waals surface area contributed by atoms with Gasteiger partial charge in [-0.1, -0.05) is 6.92 Å². The second-order valence-corrected chi connectivity index (χ2v) is 7.34. The maximum atomic E-state index is 12.5. The standard InChI is InChI=1S/C17H22N2O4S/c1-4-22-8-13(20)23-10(3)15-18-16(21)14-11-6-5-9(2)7-12(11)24-17(14)19-15/h9-10H,4-8H2,1-3H3,(H,18,19,21)/t9-,10+/m1/s1. The van der Waals surface area contributed by atoms with Crippen molar-refractivity contribution in [1.29, 1.82) is 0 Å². The molecular formula is C17H22N2O4S. The highest BCUT2D eigenvalue weighted by Gasteiger charge is 2.24. The molecule has 0 radical (unpaired) electrons. The van der Waals surface area contributed by atoms with Crippen LogP contribution in [0.15, 0.2) is 4.79 Å². The van der Waals surface area contributed by atoms with Gasteiger partial charge in [0.1, 0.15) is 11.4 Å². The summed E-state index contributed by atoms with van der Waals surface area (Å²) >= 11 is 1.59. The molecule has 0 bridgehead atoms. The van der Waals surface area contributed by atoms with Gasteiger partial charge in [0.2, 0.25) is 0 Å². The van der Waals surface area contributed by atoms with E-state index in [1.165, 1.54) is 4.88 Å². The number of esters is 1. The number of hydrogen-bond acceptors (Lipinski definition) is 6. The van der Waals surface area contributed by atoms with Gasteiger partial charge >= 0.3 is 5.97 Å². The van der Waals surface area contributed by atoms with Crippen LogP contribution < -0.4 is 5.56 Å². The number of carbonyl (C=O) groups is 1. The van der Waals surface area contributed by atoms with Gasteiger partial charge in [0.15, 0.2) is 11.9 Å². The summed E-state index contributed by atoms with van der Waals surface area (Å²) in [5.74, 6) is 0.554. The number of H-pyrrole nitrogens is 1. The summed E-state index contributed by atoms with van der Waals surface area (Å²) in [5, 5.41) is 0.707. The molecule has 24 heavy (non-hydrogen) atoms. The van der Waals surface area contributed by atoms with Gasteiger partial charge in [0.25, 0.3) is 5.56 Å². The monoisotopic (exact) mass is 350 g/mol. The molecule has 0 aliphatic heterocycles. The maximum absolute atomic E-state index is 12.5. The van der Waals surface area contributed by atoms with Crippen molar-refractivity contribution in [3.63, 3.8) is 0 Å². The molecule has 0 spiro atoms. The van der Waals surface area contributed by atoms with E-state index in [2.05, 4.69) is 16.9 Å². The Bertz CT molecular complexity index is 811. The van der Waals surface area contributed by atoms with Crippen LogP contribution in [0.2, 0.25) is 0 Å². The number of nitrogens with one attached hydrogen (secondary N) is 1. The van der Waals surface area contributed by atoms with Gasteiger partial charge in [-0.05, 0) is 44.6 Å². The zero-order valence-electron chi connectivity index (χ0n) is 14.2. The van der Waals surface area contributed by atoms with E-state index in [4.69, 9.17) is 9.47 Å². The molecule has 2 atom stereocenters. The fourth-order valence-electron chi connectivity index (χ4n) is 3.03. The second kappa shape index (κ2) is 7.03. The van der Waals surface area contributed by atoms with Crippen molar-refractivity contribution in [2.45, 2.75) is 46.1 Å². The zero-order chi connectivity index (χ0) is 17.3. The van der Waals surface area contributed by atoms with E-state index in [0.29, 0.717) is 23.7 Å². The third-order valence-corrected chi connectivity index (χ3v) is 5.45. The first-order valence-electron chi connectivity index (χ1n) is 8.31. The minimum Gasteiger partial charge on any atom is -0.453 e. The first-order chi connectivity index (χ1) is 11.5. The Kier molecular flexibility index (Phi) is 5.01. The predicted octanol–water partition coefficient (Wildman–Crippen LogP) is 2.75. The summed E-state index contributed by atoms with van der Waals surface area (Å²) in [4.78, 5) is 33.5. The lowest BCUT2D eigenvalue weighted by Gasteiger charge is -2.17. The molecule has 2 heterocycles. The van der Waals surface area contributed by atoms with E-state index in [1.54, 1.807) is 18.3 Å². The lowest BCUT2D eigenvalue weighted by atomic mass is 9.89. The number of nitrogens with zero attached hydrogens (tertiary/aromatic N) is 1. The highest BCUT2D eigenvalue weighted by Crippen LogP contribution is 2.35. The molecule has 6 nitrogen and oxygen atoms in total. The molecule has 0 fully saturated rings. The first-order valence-corrected chi connectivity index (χ1v) is 9.13. The van der Waals surface area contributed by atoms with Crippen molar-refractivity contribution in [2.75, 3.05) is 13.2 Å². The number of hydrogen-bond donors (Lipinski definition) is 1. The minimum absolute atomic E-state index is 0.0987. The Morgan fingerprint density at radius 1 is 1.50 bits per heavy atom. The van der Waals surface area contributed by atoms with Crippen molar-refractivity contribution < 1.29 is 14.3 Å². The number of thiophene rings is 1. The molecule has 2 aromatic rings. The third-order valence-electron chi connectivity index (χ3n) is 4.30. The highest BCUT2D eigenvalue weighted by molar-refractivity contribution is 7.18. The SMILES string of the molecule is CCOCC(=O)O[C@@H](C)c1nc2sc3c(c2c(=O)[nH]1)CC[C@@H](C)C3.